The molecule has 0 spiro atoms. The van der Waals surface area contributed by atoms with Gasteiger partial charge in [0.2, 0.25) is 11.7 Å². The van der Waals surface area contributed by atoms with Crippen LogP contribution in [0.5, 0.6) is 0 Å². The lowest BCUT2D eigenvalue weighted by Crippen LogP contribution is -2.30. The van der Waals surface area contributed by atoms with E-state index in [9.17, 15) is 4.79 Å². The number of benzene rings is 2. The first kappa shape index (κ1) is 20.8. The van der Waals surface area contributed by atoms with Gasteiger partial charge in [-0.15, -0.1) is 10.2 Å². The molecule has 8 heteroatoms. The number of nitrogens with one attached hydrogen (secondary N) is 1. The van der Waals surface area contributed by atoms with E-state index in [4.69, 9.17) is 4.52 Å². The zero-order valence-electron chi connectivity index (χ0n) is 18.4. The van der Waals surface area contributed by atoms with Crippen LogP contribution in [0.3, 0.4) is 0 Å². The molecule has 2 aromatic heterocycles. The van der Waals surface area contributed by atoms with Gasteiger partial charge in [-0.1, -0.05) is 29.4 Å². The van der Waals surface area contributed by atoms with Crippen LogP contribution in [0.2, 0.25) is 0 Å². The molecular weight excluding hydrogens is 416 g/mol. The van der Waals surface area contributed by atoms with Gasteiger partial charge in [-0.05, 0) is 55.7 Å². The molecule has 1 fully saturated rings. The summed E-state index contributed by atoms with van der Waals surface area (Å²) in [4.78, 5) is 19.1. The van der Waals surface area contributed by atoms with Gasteiger partial charge in [0.1, 0.15) is 0 Å². The smallest absolute Gasteiger partial charge is 0.255 e. The third kappa shape index (κ3) is 4.74. The van der Waals surface area contributed by atoms with Gasteiger partial charge in [-0.3, -0.25) is 4.79 Å². The van der Waals surface area contributed by atoms with Crippen LogP contribution in [0.15, 0.2) is 65.2 Å². The van der Waals surface area contributed by atoms with Gasteiger partial charge in [0, 0.05) is 42.4 Å². The molecule has 5 rings (SSSR count). The van der Waals surface area contributed by atoms with E-state index in [-0.39, 0.29) is 5.91 Å². The SMILES string of the molecule is Cc1nc(-c2ccc(C(=O)Nc3ccc(-c4ccc(N5CCCCC5)nn4)cc3)cc2)no1. The molecule has 1 saturated heterocycles. The molecule has 1 aliphatic rings. The summed E-state index contributed by atoms with van der Waals surface area (Å²) >= 11 is 0. The highest BCUT2D eigenvalue weighted by Gasteiger charge is 2.13. The van der Waals surface area contributed by atoms with E-state index in [0.29, 0.717) is 23.0 Å². The highest BCUT2D eigenvalue weighted by atomic mass is 16.5. The molecule has 1 N–H and O–H groups in total. The normalized spacial score (nSPS) is 13.7. The van der Waals surface area contributed by atoms with Crippen molar-refractivity contribution in [3.8, 4) is 22.6 Å². The van der Waals surface area contributed by atoms with E-state index in [1.807, 2.05) is 36.4 Å². The molecule has 166 valence electrons. The molecule has 4 aromatic rings. The Morgan fingerprint density at radius 3 is 2.24 bits per heavy atom. The number of nitrogens with zero attached hydrogens (tertiary/aromatic N) is 5. The average Bonchev–Trinajstić information content (AvgIpc) is 3.31. The second-order valence-electron chi connectivity index (χ2n) is 8.07. The molecule has 1 amide bonds. The fraction of sp³-hybridized carbons (Fsp3) is 0.240. The van der Waals surface area contributed by atoms with Crippen molar-refractivity contribution < 1.29 is 9.32 Å². The minimum absolute atomic E-state index is 0.190. The Balaban J connectivity index is 1.22. The van der Waals surface area contributed by atoms with Crippen LogP contribution in [-0.4, -0.2) is 39.3 Å². The lowest BCUT2D eigenvalue weighted by Gasteiger charge is -2.27. The van der Waals surface area contributed by atoms with Crippen LogP contribution in [0, 0.1) is 6.92 Å². The number of rotatable bonds is 5. The van der Waals surface area contributed by atoms with Crippen LogP contribution in [0.25, 0.3) is 22.6 Å². The largest absolute Gasteiger partial charge is 0.355 e. The number of carbonyl (C=O) groups excluding carboxylic acids is 1. The summed E-state index contributed by atoms with van der Waals surface area (Å²) in [7, 11) is 0. The number of hydrogen-bond donors (Lipinski definition) is 1. The number of anilines is 2. The first-order valence-electron chi connectivity index (χ1n) is 11.1. The minimum atomic E-state index is -0.190. The second kappa shape index (κ2) is 9.20. The number of aryl methyl sites for hydroxylation is 1. The van der Waals surface area contributed by atoms with Crippen molar-refractivity contribution in [3.05, 3.63) is 72.1 Å². The molecule has 3 heterocycles. The molecule has 0 unspecified atom stereocenters. The summed E-state index contributed by atoms with van der Waals surface area (Å²) in [5.41, 5.74) is 3.80. The van der Waals surface area contributed by atoms with Crippen molar-refractivity contribution in [2.45, 2.75) is 26.2 Å². The number of carbonyl (C=O) groups is 1. The van der Waals surface area contributed by atoms with Gasteiger partial charge in [0.25, 0.3) is 5.91 Å². The van der Waals surface area contributed by atoms with Crippen molar-refractivity contribution in [1.82, 2.24) is 20.3 Å². The average molecular weight is 441 g/mol. The first-order valence-corrected chi connectivity index (χ1v) is 11.1. The summed E-state index contributed by atoms with van der Waals surface area (Å²) in [6.45, 7) is 3.82. The van der Waals surface area contributed by atoms with E-state index in [0.717, 1.165) is 35.7 Å². The summed E-state index contributed by atoms with van der Waals surface area (Å²) in [6.07, 6.45) is 3.70. The second-order valence-corrected chi connectivity index (χ2v) is 8.07. The fourth-order valence-electron chi connectivity index (χ4n) is 3.89. The van der Waals surface area contributed by atoms with Crippen LogP contribution < -0.4 is 10.2 Å². The molecule has 33 heavy (non-hydrogen) atoms. The molecule has 0 aliphatic carbocycles. The Kier molecular flexibility index (Phi) is 5.80. The predicted octanol–water partition coefficient (Wildman–Crippen LogP) is 4.74. The molecule has 0 bridgehead atoms. The fourth-order valence-corrected chi connectivity index (χ4v) is 3.89. The first-order chi connectivity index (χ1) is 16.2. The van der Waals surface area contributed by atoms with Crippen LogP contribution in [-0.2, 0) is 0 Å². The van der Waals surface area contributed by atoms with Gasteiger partial charge in [-0.25, -0.2) is 0 Å². The summed E-state index contributed by atoms with van der Waals surface area (Å²) < 4.78 is 5.00. The van der Waals surface area contributed by atoms with Crippen molar-refractivity contribution >= 4 is 17.4 Å². The summed E-state index contributed by atoms with van der Waals surface area (Å²) in [6, 6.07) is 18.7. The maximum Gasteiger partial charge on any atom is 0.255 e. The van der Waals surface area contributed by atoms with Crippen molar-refractivity contribution in [2.75, 3.05) is 23.3 Å². The Morgan fingerprint density at radius 1 is 0.879 bits per heavy atom. The van der Waals surface area contributed by atoms with Gasteiger partial charge in [0.15, 0.2) is 5.82 Å². The van der Waals surface area contributed by atoms with E-state index < -0.39 is 0 Å². The Labute approximate surface area is 191 Å². The Hall–Kier alpha value is -4.07. The van der Waals surface area contributed by atoms with E-state index >= 15 is 0 Å². The van der Waals surface area contributed by atoms with Gasteiger partial charge in [-0.2, -0.15) is 4.98 Å². The van der Waals surface area contributed by atoms with Crippen LogP contribution in [0.4, 0.5) is 11.5 Å². The maximum absolute atomic E-state index is 12.6. The maximum atomic E-state index is 12.6. The topological polar surface area (TPSA) is 97.0 Å². The van der Waals surface area contributed by atoms with Gasteiger partial charge >= 0.3 is 0 Å². The quantitative estimate of drug-likeness (QED) is 0.478. The molecule has 2 aromatic carbocycles. The molecular formula is C25H24N6O2. The summed E-state index contributed by atoms with van der Waals surface area (Å²) in [5.74, 6) is 1.74. The molecule has 0 atom stereocenters. The molecule has 0 radical (unpaired) electrons. The minimum Gasteiger partial charge on any atom is -0.355 e. The number of piperidine rings is 1. The third-order valence-electron chi connectivity index (χ3n) is 5.70. The highest BCUT2D eigenvalue weighted by molar-refractivity contribution is 6.04. The van der Waals surface area contributed by atoms with E-state index in [1.165, 1.54) is 19.3 Å². The Bertz CT molecular complexity index is 1230. The zero-order valence-corrected chi connectivity index (χ0v) is 18.4. The zero-order chi connectivity index (χ0) is 22.6. The predicted molar refractivity (Wildman–Crippen MR) is 126 cm³/mol. The standard InChI is InChI=1S/C25H24N6O2/c1-17-26-24(30-33-17)19-5-7-20(8-6-19)25(32)27-21-11-9-18(10-12-21)22-13-14-23(29-28-22)31-15-3-2-4-16-31/h5-14H,2-4,15-16H2,1H3,(H,27,32). The summed E-state index contributed by atoms with van der Waals surface area (Å²) in [5, 5.41) is 15.6. The Morgan fingerprint density at radius 2 is 1.61 bits per heavy atom. The van der Waals surface area contributed by atoms with Crippen molar-refractivity contribution in [1.29, 1.82) is 0 Å². The highest BCUT2D eigenvalue weighted by Crippen LogP contribution is 2.23. The van der Waals surface area contributed by atoms with Crippen molar-refractivity contribution in [2.24, 2.45) is 0 Å². The number of hydrogen-bond acceptors (Lipinski definition) is 7. The van der Waals surface area contributed by atoms with Gasteiger partial charge in [0.05, 0.1) is 5.69 Å². The number of amides is 1. The lowest BCUT2D eigenvalue weighted by atomic mass is 10.1. The van der Waals surface area contributed by atoms with Gasteiger partial charge < -0.3 is 14.7 Å². The van der Waals surface area contributed by atoms with Crippen LogP contribution in [0.1, 0.15) is 35.5 Å². The number of aromatic nitrogens is 4. The van der Waals surface area contributed by atoms with E-state index in [2.05, 4.69) is 30.6 Å². The molecule has 1 aliphatic heterocycles. The lowest BCUT2D eigenvalue weighted by molar-refractivity contribution is 0.102. The molecule has 0 saturated carbocycles. The van der Waals surface area contributed by atoms with Crippen LogP contribution >= 0.6 is 0 Å². The third-order valence-corrected chi connectivity index (χ3v) is 5.70. The monoisotopic (exact) mass is 440 g/mol. The molecule has 8 nitrogen and oxygen atoms in total. The van der Waals surface area contributed by atoms with E-state index in [1.54, 1.807) is 31.2 Å². The van der Waals surface area contributed by atoms with Crippen molar-refractivity contribution in [3.63, 3.8) is 0 Å².